The van der Waals surface area contributed by atoms with Crippen molar-refractivity contribution >= 4 is 40.7 Å². The van der Waals surface area contributed by atoms with Crippen LogP contribution < -0.4 is 5.73 Å². The fraction of sp³-hybridized carbons (Fsp3) is 0.125. The van der Waals surface area contributed by atoms with E-state index in [2.05, 4.69) is 4.99 Å². The molecule has 2 aromatic carbocycles. The van der Waals surface area contributed by atoms with Crippen LogP contribution in [0.1, 0.15) is 11.5 Å². The van der Waals surface area contributed by atoms with Crippen LogP contribution in [0.4, 0.5) is 5.69 Å². The lowest BCUT2D eigenvalue weighted by Gasteiger charge is -2.21. The first-order chi connectivity index (χ1) is 10.1. The molecule has 1 aliphatic heterocycles. The predicted octanol–water partition coefficient (Wildman–Crippen LogP) is 3.79. The van der Waals surface area contributed by atoms with Gasteiger partial charge in [0.1, 0.15) is 5.92 Å². The third kappa shape index (κ3) is 2.96. The molecule has 1 heterocycles. The molecule has 0 saturated heterocycles. The van der Waals surface area contributed by atoms with Gasteiger partial charge < -0.3 is 5.73 Å². The van der Waals surface area contributed by atoms with Crippen molar-refractivity contribution in [1.82, 2.24) is 0 Å². The number of halogens is 1. The lowest BCUT2D eigenvalue weighted by atomic mass is 9.94. The van der Waals surface area contributed by atoms with E-state index >= 15 is 0 Å². The van der Waals surface area contributed by atoms with Crippen LogP contribution >= 0.6 is 23.4 Å². The fourth-order valence-corrected chi connectivity index (χ4v) is 3.43. The monoisotopic (exact) mass is 316 g/mol. The number of amides is 1. The highest BCUT2D eigenvalue weighted by atomic mass is 35.5. The van der Waals surface area contributed by atoms with Crippen LogP contribution in [-0.4, -0.2) is 17.4 Å². The molecule has 0 saturated carbocycles. The summed E-state index contributed by atoms with van der Waals surface area (Å²) >= 11 is 7.57. The zero-order valence-corrected chi connectivity index (χ0v) is 12.7. The minimum Gasteiger partial charge on any atom is -0.369 e. The largest absolute Gasteiger partial charge is 0.369 e. The maximum absolute atomic E-state index is 11.9. The van der Waals surface area contributed by atoms with Crippen molar-refractivity contribution in [3.8, 4) is 0 Å². The van der Waals surface area contributed by atoms with Crippen LogP contribution in [0.15, 0.2) is 58.4 Å². The molecule has 0 fully saturated rings. The number of nitrogens with two attached hydrogens (primary N) is 1. The van der Waals surface area contributed by atoms with Crippen LogP contribution in [-0.2, 0) is 4.79 Å². The molecule has 1 amide bonds. The van der Waals surface area contributed by atoms with E-state index in [4.69, 9.17) is 17.3 Å². The predicted molar refractivity (Wildman–Crippen MR) is 87.6 cm³/mol. The van der Waals surface area contributed by atoms with Crippen molar-refractivity contribution in [3.05, 3.63) is 59.1 Å². The van der Waals surface area contributed by atoms with Crippen molar-refractivity contribution in [2.24, 2.45) is 10.7 Å². The van der Waals surface area contributed by atoms with Gasteiger partial charge in [-0.05, 0) is 29.8 Å². The van der Waals surface area contributed by atoms with Gasteiger partial charge in [0.05, 0.1) is 5.69 Å². The van der Waals surface area contributed by atoms with E-state index in [1.54, 1.807) is 23.9 Å². The molecular formula is C16H13ClN2OS. The lowest BCUT2D eigenvalue weighted by Crippen LogP contribution is -2.30. The number of nitrogens with zero attached hydrogens (tertiary/aromatic N) is 1. The molecule has 2 aromatic rings. The number of fused-ring (bicyclic) bond motifs is 1. The van der Waals surface area contributed by atoms with Crippen molar-refractivity contribution in [3.63, 3.8) is 0 Å². The Kier molecular flexibility index (Phi) is 3.99. The Morgan fingerprint density at radius 3 is 2.62 bits per heavy atom. The standard InChI is InChI=1S/C16H13ClN2OS/c17-11-7-5-10(6-8-11)15(16(18)20)13-9-21-14-4-2-1-3-12(14)19-13/h1-8,15H,9H2,(H2,18,20). The Morgan fingerprint density at radius 2 is 1.90 bits per heavy atom. The molecule has 1 unspecified atom stereocenters. The summed E-state index contributed by atoms with van der Waals surface area (Å²) in [5.74, 6) is -0.244. The molecule has 0 spiro atoms. The van der Waals surface area contributed by atoms with Crippen molar-refractivity contribution in [2.45, 2.75) is 10.8 Å². The van der Waals surface area contributed by atoms with Gasteiger partial charge >= 0.3 is 0 Å². The normalized spacial score (nSPS) is 15.0. The maximum atomic E-state index is 11.9. The van der Waals surface area contributed by atoms with Gasteiger partial charge in [0, 0.05) is 21.4 Å². The Bertz CT molecular complexity index is 712. The number of primary amides is 1. The first-order valence-electron chi connectivity index (χ1n) is 6.49. The third-order valence-electron chi connectivity index (χ3n) is 3.33. The molecule has 0 radical (unpaired) electrons. The Morgan fingerprint density at radius 1 is 1.19 bits per heavy atom. The number of aliphatic imine (C=N–C) groups is 1. The Hall–Kier alpha value is -1.78. The second kappa shape index (κ2) is 5.92. The van der Waals surface area contributed by atoms with Gasteiger partial charge in [0.2, 0.25) is 5.91 Å². The van der Waals surface area contributed by atoms with Crippen LogP contribution in [0.2, 0.25) is 5.02 Å². The van der Waals surface area contributed by atoms with E-state index < -0.39 is 11.8 Å². The number of rotatable bonds is 3. The molecule has 1 aliphatic rings. The highest BCUT2D eigenvalue weighted by Gasteiger charge is 2.26. The first kappa shape index (κ1) is 14.2. The highest BCUT2D eigenvalue weighted by molar-refractivity contribution is 8.00. The molecule has 0 bridgehead atoms. The van der Waals surface area contributed by atoms with Gasteiger partial charge in [-0.3, -0.25) is 9.79 Å². The summed E-state index contributed by atoms with van der Waals surface area (Å²) in [5, 5.41) is 0.632. The fourth-order valence-electron chi connectivity index (χ4n) is 2.33. The topological polar surface area (TPSA) is 55.5 Å². The quantitative estimate of drug-likeness (QED) is 0.936. The van der Waals surface area contributed by atoms with Gasteiger partial charge in [-0.2, -0.15) is 0 Å². The summed E-state index contributed by atoms with van der Waals surface area (Å²) in [6, 6.07) is 15.1. The van der Waals surface area contributed by atoms with Gasteiger partial charge in [-0.15, -0.1) is 11.8 Å². The smallest absolute Gasteiger partial charge is 0.230 e. The maximum Gasteiger partial charge on any atom is 0.230 e. The molecule has 3 nitrogen and oxygen atoms in total. The molecule has 5 heteroatoms. The van der Waals surface area contributed by atoms with E-state index in [-0.39, 0.29) is 0 Å². The van der Waals surface area contributed by atoms with E-state index in [1.165, 1.54) is 0 Å². The van der Waals surface area contributed by atoms with E-state index in [0.29, 0.717) is 10.8 Å². The average Bonchev–Trinajstić information content (AvgIpc) is 2.49. The Labute approximate surface area is 132 Å². The van der Waals surface area contributed by atoms with Gasteiger partial charge in [-0.25, -0.2) is 0 Å². The summed E-state index contributed by atoms with van der Waals surface area (Å²) in [6.07, 6.45) is 0. The molecule has 2 N–H and O–H groups in total. The second-order valence-corrected chi connectivity index (χ2v) is 6.20. The number of thioether (sulfide) groups is 1. The number of para-hydroxylation sites is 1. The highest BCUT2D eigenvalue weighted by Crippen LogP contribution is 2.36. The molecule has 21 heavy (non-hydrogen) atoms. The first-order valence-corrected chi connectivity index (χ1v) is 7.85. The van der Waals surface area contributed by atoms with Gasteiger partial charge in [0.25, 0.3) is 0 Å². The van der Waals surface area contributed by atoms with E-state index in [0.717, 1.165) is 21.9 Å². The average molecular weight is 317 g/mol. The molecule has 1 atom stereocenters. The van der Waals surface area contributed by atoms with E-state index in [1.807, 2.05) is 36.4 Å². The molecule has 3 rings (SSSR count). The van der Waals surface area contributed by atoms with Crippen LogP contribution in [0.3, 0.4) is 0 Å². The van der Waals surface area contributed by atoms with Crippen molar-refractivity contribution < 1.29 is 4.79 Å². The van der Waals surface area contributed by atoms with Crippen molar-refractivity contribution in [1.29, 1.82) is 0 Å². The zero-order chi connectivity index (χ0) is 14.8. The summed E-state index contributed by atoms with van der Waals surface area (Å²) < 4.78 is 0. The van der Waals surface area contributed by atoms with Crippen LogP contribution in [0.25, 0.3) is 0 Å². The number of carbonyl (C=O) groups excluding carboxylic acids is 1. The number of benzene rings is 2. The number of carbonyl (C=O) groups is 1. The molecule has 0 aromatic heterocycles. The molecule has 106 valence electrons. The SMILES string of the molecule is NC(=O)C(C1=Nc2ccccc2SC1)c1ccc(Cl)cc1. The second-order valence-electron chi connectivity index (χ2n) is 4.75. The number of hydrogen-bond donors (Lipinski definition) is 1. The van der Waals surface area contributed by atoms with Crippen LogP contribution in [0.5, 0.6) is 0 Å². The summed E-state index contributed by atoms with van der Waals surface area (Å²) in [5.41, 5.74) is 8.10. The van der Waals surface area contributed by atoms with Gasteiger partial charge in [-0.1, -0.05) is 35.9 Å². The summed E-state index contributed by atoms with van der Waals surface area (Å²) in [4.78, 5) is 17.6. The number of hydrogen-bond acceptors (Lipinski definition) is 3. The van der Waals surface area contributed by atoms with Crippen LogP contribution in [0, 0.1) is 0 Å². The Balaban J connectivity index is 2.01. The van der Waals surface area contributed by atoms with Gasteiger partial charge in [0.15, 0.2) is 0 Å². The molecular weight excluding hydrogens is 304 g/mol. The lowest BCUT2D eigenvalue weighted by molar-refractivity contribution is -0.118. The minimum absolute atomic E-state index is 0.393. The minimum atomic E-state index is -0.511. The van der Waals surface area contributed by atoms with E-state index in [9.17, 15) is 4.79 Å². The third-order valence-corrected chi connectivity index (χ3v) is 4.67. The zero-order valence-electron chi connectivity index (χ0n) is 11.1. The van der Waals surface area contributed by atoms with Crippen molar-refractivity contribution in [2.75, 3.05) is 5.75 Å². The summed E-state index contributed by atoms with van der Waals surface area (Å²) in [6.45, 7) is 0. The summed E-state index contributed by atoms with van der Waals surface area (Å²) in [7, 11) is 0. The molecule has 0 aliphatic carbocycles.